The summed E-state index contributed by atoms with van der Waals surface area (Å²) in [6.07, 6.45) is 0. The zero-order valence-electron chi connectivity index (χ0n) is 18.2. The predicted molar refractivity (Wildman–Crippen MR) is 123 cm³/mol. The molecule has 0 aliphatic heterocycles. The average Bonchev–Trinajstić information content (AvgIpc) is 3.24. The summed E-state index contributed by atoms with van der Waals surface area (Å²) in [5.41, 5.74) is 2.04. The first kappa shape index (κ1) is 24.4. The molecule has 12 heteroatoms. The largest absolute Gasteiger partial charge is 0.414 e. The van der Waals surface area contributed by atoms with Gasteiger partial charge in [0.2, 0.25) is 21.8 Å². The summed E-state index contributed by atoms with van der Waals surface area (Å²) in [6, 6.07) is 13.1. The topological polar surface area (TPSA) is 134 Å². The van der Waals surface area contributed by atoms with Gasteiger partial charge < -0.3 is 15.1 Å². The number of benzene rings is 2. The Bertz CT molecular complexity index is 1240. The SMILES string of the molecule is Cc1cccc(NC(=O)CSc2nnc(CNC(=O)c3ccc(S(=O)(=O)N(C)C)cc3)o2)c1. The second kappa shape index (κ2) is 10.6. The van der Waals surface area contributed by atoms with Gasteiger partial charge in [0.05, 0.1) is 17.2 Å². The van der Waals surface area contributed by atoms with Gasteiger partial charge in [-0.3, -0.25) is 9.59 Å². The highest BCUT2D eigenvalue weighted by molar-refractivity contribution is 7.99. The molecule has 0 spiro atoms. The first-order valence-electron chi connectivity index (χ1n) is 9.77. The summed E-state index contributed by atoms with van der Waals surface area (Å²) in [4.78, 5) is 24.5. The number of hydrogen-bond donors (Lipinski definition) is 2. The molecule has 2 amide bonds. The van der Waals surface area contributed by atoms with E-state index in [2.05, 4.69) is 20.8 Å². The van der Waals surface area contributed by atoms with Crippen LogP contribution in [0.4, 0.5) is 5.69 Å². The third kappa shape index (κ3) is 6.63. The number of hydrogen-bond acceptors (Lipinski definition) is 8. The van der Waals surface area contributed by atoms with Crippen LogP contribution in [0.1, 0.15) is 21.8 Å². The molecule has 0 fully saturated rings. The molecule has 0 saturated heterocycles. The van der Waals surface area contributed by atoms with E-state index in [9.17, 15) is 18.0 Å². The van der Waals surface area contributed by atoms with E-state index in [0.29, 0.717) is 5.69 Å². The Morgan fingerprint density at radius 2 is 1.82 bits per heavy atom. The molecule has 1 heterocycles. The maximum absolute atomic E-state index is 12.3. The lowest BCUT2D eigenvalue weighted by Gasteiger charge is -2.11. The highest BCUT2D eigenvalue weighted by atomic mass is 32.2. The summed E-state index contributed by atoms with van der Waals surface area (Å²) in [5.74, 6) is -0.367. The van der Waals surface area contributed by atoms with Crippen LogP contribution < -0.4 is 10.6 Å². The van der Waals surface area contributed by atoms with Crippen molar-refractivity contribution >= 4 is 39.3 Å². The summed E-state index contributed by atoms with van der Waals surface area (Å²) < 4.78 is 30.7. The third-order valence-electron chi connectivity index (χ3n) is 4.37. The van der Waals surface area contributed by atoms with Gasteiger partial charge in [0.15, 0.2) is 0 Å². The standard InChI is InChI=1S/C21H23N5O5S2/c1-14-5-4-6-16(11-14)23-18(27)13-32-21-25-24-19(31-21)12-22-20(28)15-7-9-17(10-8-15)33(29,30)26(2)3/h4-11H,12-13H2,1-3H3,(H,22,28)(H,23,27). The third-order valence-corrected chi connectivity index (χ3v) is 7.02. The maximum Gasteiger partial charge on any atom is 0.277 e. The number of rotatable bonds is 9. The van der Waals surface area contributed by atoms with Gasteiger partial charge in [-0.05, 0) is 48.9 Å². The molecule has 0 unspecified atom stereocenters. The molecule has 0 aliphatic rings. The highest BCUT2D eigenvalue weighted by Crippen LogP contribution is 2.18. The maximum atomic E-state index is 12.3. The molecule has 0 saturated carbocycles. The number of carbonyl (C=O) groups is 2. The molecule has 0 aliphatic carbocycles. The first-order valence-corrected chi connectivity index (χ1v) is 12.2. The molecule has 3 aromatic rings. The molecule has 1 aromatic heterocycles. The van der Waals surface area contributed by atoms with Crippen molar-refractivity contribution in [2.24, 2.45) is 0 Å². The van der Waals surface area contributed by atoms with Crippen molar-refractivity contribution < 1.29 is 22.4 Å². The van der Waals surface area contributed by atoms with Crippen molar-refractivity contribution in [3.8, 4) is 0 Å². The lowest BCUT2D eigenvalue weighted by atomic mass is 10.2. The Hall–Kier alpha value is -3.22. The van der Waals surface area contributed by atoms with Gasteiger partial charge in [-0.1, -0.05) is 23.9 Å². The van der Waals surface area contributed by atoms with Gasteiger partial charge in [-0.2, -0.15) is 0 Å². The number of nitrogens with zero attached hydrogens (tertiary/aromatic N) is 3. The van der Waals surface area contributed by atoms with Gasteiger partial charge >= 0.3 is 0 Å². The van der Waals surface area contributed by atoms with E-state index in [1.807, 2.05) is 25.1 Å². The van der Waals surface area contributed by atoms with Crippen LogP contribution in [0.25, 0.3) is 0 Å². The van der Waals surface area contributed by atoms with Crippen molar-refractivity contribution in [2.75, 3.05) is 25.2 Å². The molecule has 2 aromatic carbocycles. The molecule has 10 nitrogen and oxygen atoms in total. The number of sulfonamides is 1. The molecule has 0 radical (unpaired) electrons. The van der Waals surface area contributed by atoms with Gasteiger partial charge in [0.25, 0.3) is 11.1 Å². The predicted octanol–water partition coefficient (Wildman–Crippen LogP) is 2.29. The quantitative estimate of drug-likeness (QED) is 0.437. The normalized spacial score (nSPS) is 11.4. The Morgan fingerprint density at radius 3 is 2.48 bits per heavy atom. The van der Waals surface area contributed by atoms with E-state index >= 15 is 0 Å². The molecule has 0 atom stereocenters. The van der Waals surface area contributed by atoms with Gasteiger partial charge in [-0.25, -0.2) is 12.7 Å². The molecule has 3 rings (SSSR count). The summed E-state index contributed by atoms with van der Waals surface area (Å²) >= 11 is 1.08. The molecule has 2 N–H and O–H groups in total. The average molecular weight is 490 g/mol. The number of anilines is 1. The highest BCUT2D eigenvalue weighted by Gasteiger charge is 2.18. The van der Waals surface area contributed by atoms with Gasteiger partial charge in [0, 0.05) is 25.3 Å². The van der Waals surface area contributed by atoms with Crippen LogP contribution in [0, 0.1) is 6.92 Å². The van der Waals surface area contributed by atoms with Crippen LogP contribution in [-0.2, 0) is 21.4 Å². The number of amides is 2. The number of aryl methyl sites for hydroxylation is 1. The van der Waals surface area contributed by atoms with Crippen LogP contribution in [0.2, 0.25) is 0 Å². The van der Waals surface area contributed by atoms with Crippen LogP contribution in [0.15, 0.2) is 63.1 Å². The summed E-state index contributed by atoms with van der Waals surface area (Å²) in [5, 5.41) is 13.3. The van der Waals surface area contributed by atoms with E-state index in [1.54, 1.807) is 6.07 Å². The molecular weight excluding hydrogens is 466 g/mol. The number of nitrogens with one attached hydrogen (secondary N) is 2. The molecule has 33 heavy (non-hydrogen) atoms. The van der Waals surface area contributed by atoms with Crippen molar-refractivity contribution in [1.82, 2.24) is 19.8 Å². The second-order valence-electron chi connectivity index (χ2n) is 7.16. The fourth-order valence-electron chi connectivity index (χ4n) is 2.66. The van der Waals surface area contributed by atoms with Gasteiger partial charge in [0.1, 0.15) is 0 Å². The fraction of sp³-hybridized carbons (Fsp3) is 0.238. The lowest BCUT2D eigenvalue weighted by Crippen LogP contribution is -2.24. The molecule has 174 valence electrons. The van der Waals surface area contributed by atoms with Crippen LogP contribution in [0.3, 0.4) is 0 Å². The summed E-state index contributed by atoms with van der Waals surface area (Å²) in [6.45, 7) is 1.92. The van der Waals surface area contributed by atoms with Crippen molar-refractivity contribution in [3.05, 3.63) is 65.5 Å². The van der Waals surface area contributed by atoms with Gasteiger partial charge in [-0.15, -0.1) is 10.2 Å². The van der Waals surface area contributed by atoms with Crippen LogP contribution in [0.5, 0.6) is 0 Å². The summed E-state index contributed by atoms with van der Waals surface area (Å²) in [7, 11) is -0.698. The van der Waals surface area contributed by atoms with E-state index in [0.717, 1.165) is 21.6 Å². The minimum Gasteiger partial charge on any atom is -0.414 e. The van der Waals surface area contributed by atoms with Crippen LogP contribution >= 0.6 is 11.8 Å². The lowest BCUT2D eigenvalue weighted by molar-refractivity contribution is -0.113. The minimum atomic E-state index is -3.57. The number of carbonyl (C=O) groups excluding carboxylic acids is 2. The molecule has 0 bridgehead atoms. The Balaban J connectivity index is 1.48. The van der Waals surface area contributed by atoms with Crippen molar-refractivity contribution in [2.45, 2.75) is 23.6 Å². The Labute approximate surface area is 195 Å². The Morgan fingerprint density at radius 1 is 1.09 bits per heavy atom. The fourth-order valence-corrected chi connectivity index (χ4v) is 4.14. The van der Waals surface area contributed by atoms with Crippen molar-refractivity contribution in [3.63, 3.8) is 0 Å². The zero-order chi connectivity index (χ0) is 24.0. The van der Waals surface area contributed by atoms with Crippen molar-refractivity contribution in [1.29, 1.82) is 0 Å². The molecular formula is C21H23N5O5S2. The zero-order valence-corrected chi connectivity index (χ0v) is 19.9. The number of aromatic nitrogens is 2. The smallest absolute Gasteiger partial charge is 0.277 e. The van der Waals surface area contributed by atoms with E-state index in [1.165, 1.54) is 38.4 Å². The minimum absolute atomic E-state index is 0.0143. The first-order chi connectivity index (χ1) is 15.6. The van der Waals surface area contributed by atoms with E-state index < -0.39 is 15.9 Å². The van der Waals surface area contributed by atoms with E-state index in [-0.39, 0.29) is 39.8 Å². The Kier molecular flexibility index (Phi) is 7.84. The monoisotopic (exact) mass is 489 g/mol. The second-order valence-corrected chi connectivity index (χ2v) is 10.2. The number of thioether (sulfide) groups is 1. The van der Waals surface area contributed by atoms with Crippen LogP contribution in [-0.4, -0.2) is 54.6 Å². The van der Waals surface area contributed by atoms with E-state index in [4.69, 9.17) is 4.42 Å².